The maximum absolute atomic E-state index is 15.0. The normalized spacial score (nSPS) is 15.5. The smallest absolute Gasteiger partial charge is 0.246 e. The molecule has 1 amide bonds. The predicted octanol–water partition coefficient (Wildman–Crippen LogP) is 5.96. The molecule has 260 valence electrons. The molecule has 4 aromatic rings. The summed E-state index contributed by atoms with van der Waals surface area (Å²) in [6, 6.07) is 12.7. The first kappa shape index (κ1) is 35.0. The number of ketones is 1. The van der Waals surface area contributed by atoms with Crippen LogP contribution in [0.15, 0.2) is 54.9 Å². The molecule has 2 aliphatic rings. The molecule has 0 spiro atoms. The Morgan fingerprint density at radius 2 is 1.73 bits per heavy atom. The molecule has 10 nitrogen and oxygen atoms in total. The van der Waals surface area contributed by atoms with Crippen molar-refractivity contribution in [2.24, 2.45) is 5.92 Å². The van der Waals surface area contributed by atoms with Crippen molar-refractivity contribution in [1.82, 2.24) is 20.2 Å². The molecule has 2 fully saturated rings. The van der Waals surface area contributed by atoms with E-state index in [4.69, 9.17) is 23.9 Å². The number of benzene rings is 1. The molecule has 0 bridgehead atoms. The highest BCUT2D eigenvalue weighted by Crippen LogP contribution is 2.39. The second-order valence-electron chi connectivity index (χ2n) is 12.7. The number of halogens is 1. The third-order valence-electron chi connectivity index (χ3n) is 8.68. The quantitative estimate of drug-likeness (QED) is 0.126. The van der Waals surface area contributed by atoms with Crippen molar-refractivity contribution in [3.63, 3.8) is 0 Å². The monoisotopic (exact) mass is 690 g/mol. The highest BCUT2D eigenvalue weighted by Gasteiger charge is 2.25. The van der Waals surface area contributed by atoms with Gasteiger partial charge in [-0.15, -0.1) is 11.3 Å². The Hall–Kier alpha value is -3.81. The van der Waals surface area contributed by atoms with Crippen molar-refractivity contribution in [2.75, 3.05) is 53.2 Å². The third kappa shape index (κ3) is 10.3. The van der Waals surface area contributed by atoms with Crippen molar-refractivity contribution in [3.8, 4) is 22.1 Å². The van der Waals surface area contributed by atoms with Gasteiger partial charge in [-0.2, -0.15) is 0 Å². The molecule has 1 saturated carbocycles. The van der Waals surface area contributed by atoms with Crippen molar-refractivity contribution >= 4 is 33.2 Å². The van der Waals surface area contributed by atoms with E-state index in [0.29, 0.717) is 50.1 Å². The molecular weight excluding hydrogens is 647 g/mol. The average Bonchev–Trinajstić information content (AvgIpc) is 3.80. The Labute approximate surface area is 289 Å². The number of aromatic nitrogens is 2. The summed E-state index contributed by atoms with van der Waals surface area (Å²) in [4.78, 5) is 37.0. The molecule has 0 atom stereocenters. The first-order valence-corrected chi connectivity index (χ1v) is 17.7. The molecule has 1 aliphatic heterocycles. The van der Waals surface area contributed by atoms with Gasteiger partial charge in [0.2, 0.25) is 5.91 Å². The summed E-state index contributed by atoms with van der Waals surface area (Å²) in [5.74, 6) is 0.708. The van der Waals surface area contributed by atoms with E-state index in [-0.39, 0.29) is 36.5 Å². The lowest BCUT2D eigenvalue weighted by Crippen LogP contribution is -2.45. The number of carbonyl (C=O) groups is 2. The molecule has 4 heterocycles. The number of pyridine rings is 2. The number of methoxy groups -OCH3 is 1. The molecule has 1 aromatic carbocycles. The zero-order valence-electron chi connectivity index (χ0n) is 27.8. The lowest BCUT2D eigenvalue weighted by molar-refractivity contribution is -0.127. The number of nitrogens with one attached hydrogen (secondary N) is 1. The number of nitrogens with zero attached hydrogens (tertiary/aromatic N) is 3. The number of ether oxygens (including phenoxy) is 4. The van der Waals surface area contributed by atoms with E-state index < -0.39 is 5.82 Å². The van der Waals surface area contributed by atoms with Crippen LogP contribution in [0.1, 0.15) is 43.2 Å². The van der Waals surface area contributed by atoms with Crippen molar-refractivity contribution in [1.29, 1.82) is 0 Å². The molecule has 6 rings (SSSR count). The van der Waals surface area contributed by atoms with E-state index in [0.717, 1.165) is 71.7 Å². The number of fused-ring (bicyclic) bond motifs is 1. The molecule has 0 unspecified atom stereocenters. The fourth-order valence-electron chi connectivity index (χ4n) is 5.87. The molecule has 1 aliphatic carbocycles. The second-order valence-corrected chi connectivity index (χ2v) is 13.7. The van der Waals surface area contributed by atoms with E-state index >= 15 is 4.39 Å². The number of Topliss-reactive ketones (excluding diaryl/α,β-unsaturated/α-hetero) is 1. The van der Waals surface area contributed by atoms with Crippen LogP contribution in [0.25, 0.3) is 20.8 Å². The van der Waals surface area contributed by atoms with Gasteiger partial charge in [-0.05, 0) is 67.0 Å². The minimum atomic E-state index is -0.495. The second kappa shape index (κ2) is 17.2. The summed E-state index contributed by atoms with van der Waals surface area (Å²) < 4.78 is 37.5. The molecule has 12 heteroatoms. The molecule has 3 aromatic heterocycles. The van der Waals surface area contributed by atoms with Gasteiger partial charge < -0.3 is 24.3 Å². The largest absolute Gasteiger partial charge is 0.453 e. The Bertz CT molecular complexity index is 1710. The first-order valence-electron chi connectivity index (χ1n) is 16.9. The number of carbonyl (C=O) groups excluding carboxylic acids is 2. The van der Waals surface area contributed by atoms with Crippen LogP contribution in [0.5, 0.6) is 11.5 Å². The number of piperidine rings is 1. The fourth-order valence-corrected chi connectivity index (χ4v) is 6.92. The summed E-state index contributed by atoms with van der Waals surface area (Å²) >= 11 is 1.50. The van der Waals surface area contributed by atoms with Crippen LogP contribution in [-0.2, 0) is 36.8 Å². The van der Waals surface area contributed by atoms with Gasteiger partial charge in [0.25, 0.3) is 0 Å². The number of hydrogen-bond acceptors (Lipinski definition) is 10. The van der Waals surface area contributed by atoms with Crippen LogP contribution < -0.4 is 10.1 Å². The first-order chi connectivity index (χ1) is 23.9. The topological polar surface area (TPSA) is 112 Å². The highest BCUT2D eigenvalue weighted by molar-refractivity contribution is 7.22. The molecule has 1 N–H and O–H groups in total. The number of hydrogen-bond donors (Lipinski definition) is 1. The SMILES string of the molecule is COCCOCCOCC(=O)NC1CCN(Cc2ccc(-c3cc4nccc(Oc5ccc(CC(=O)CC6CC6)cc5F)c4s3)nc2)CC1. The van der Waals surface area contributed by atoms with Gasteiger partial charge in [-0.25, -0.2) is 4.39 Å². The number of thiophene rings is 1. The zero-order valence-corrected chi connectivity index (χ0v) is 28.6. The summed E-state index contributed by atoms with van der Waals surface area (Å²) in [5, 5.41) is 3.08. The van der Waals surface area contributed by atoms with E-state index in [1.807, 2.05) is 18.3 Å². The van der Waals surface area contributed by atoms with Crippen molar-refractivity contribution < 1.29 is 32.9 Å². The summed E-state index contributed by atoms with van der Waals surface area (Å²) in [7, 11) is 1.62. The Morgan fingerprint density at radius 3 is 2.49 bits per heavy atom. The fraction of sp³-hybridized carbons (Fsp3) is 0.459. The Morgan fingerprint density at radius 1 is 0.939 bits per heavy atom. The van der Waals surface area contributed by atoms with Crippen LogP contribution in [0.4, 0.5) is 4.39 Å². The maximum Gasteiger partial charge on any atom is 0.246 e. The van der Waals surface area contributed by atoms with Crippen LogP contribution in [0.2, 0.25) is 0 Å². The zero-order chi connectivity index (χ0) is 34.0. The predicted molar refractivity (Wildman–Crippen MR) is 185 cm³/mol. The van der Waals surface area contributed by atoms with Gasteiger partial charge in [-0.1, -0.05) is 12.1 Å². The molecular formula is C37H43FN4O6S. The van der Waals surface area contributed by atoms with E-state index in [2.05, 4.69) is 21.3 Å². The summed E-state index contributed by atoms with van der Waals surface area (Å²) in [6.45, 7) is 4.45. The van der Waals surface area contributed by atoms with Crippen LogP contribution in [0.3, 0.4) is 0 Å². The minimum Gasteiger partial charge on any atom is -0.453 e. The van der Waals surface area contributed by atoms with Crippen LogP contribution in [-0.4, -0.2) is 85.8 Å². The van der Waals surface area contributed by atoms with E-state index in [1.165, 1.54) is 17.4 Å². The summed E-state index contributed by atoms with van der Waals surface area (Å²) in [5.41, 5.74) is 3.35. The van der Waals surface area contributed by atoms with E-state index in [9.17, 15) is 9.59 Å². The van der Waals surface area contributed by atoms with Crippen molar-refractivity contribution in [2.45, 2.75) is 51.1 Å². The van der Waals surface area contributed by atoms with Gasteiger partial charge >= 0.3 is 0 Å². The van der Waals surface area contributed by atoms with Crippen LogP contribution in [0, 0.1) is 11.7 Å². The summed E-state index contributed by atoms with van der Waals surface area (Å²) in [6.07, 6.45) is 8.38. The third-order valence-corrected chi connectivity index (χ3v) is 9.84. The van der Waals surface area contributed by atoms with Gasteiger partial charge in [-0.3, -0.25) is 24.5 Å². The lowest BCUT2D eigenvalue weighted by Gasteiger charge is -2.32. The van der Waals surface area contributed by atoms with Gasteiger partial charge in [0.1, 0.15) is 18.1 Å². The molecule has 0 radical (unpaired) electrons. The molecule has 49 heavy (non-hydrogen) atoms. The highest BCUT2D eigenvalue weighted by atomic mass is 32.1. The van der Waals surface area contributed by atoms with Crippen LogP contribution >= 0.6 is 11.3 Å². The number of amides is 1. The minimum absolute atomic E-state index is 0.0345. The Balaban J connectivity index is 0.974. The van der Waals surface area contributed by atoms with Gasteiger partial charge in [0.15, 0.2) is 11.6 Å². The average molecular weight is 691 g/mol. The Kier molecular flexibility index (Phi) is 12.3. The molecule has 1 saturated heterocycles. The number of rotatable bonds is 18. The van der Waals surface area contributed by atoms with E-state index in [1.54, 1.807) is 31.5 Å². The maximum atomic E-state index is 15.0. The van der Waals surface area contributed by atoms with Crippen molar-refractivity contribution in [3.05, 3.63) is 71.8 Å². The number of likely N-dealkylation sites (tertiary alicyclic amines) is 1. The van der Waals surface area contributed by atoms with Gasteiger partial charge in [0.05, 0.1) is 47.2 Å². The van der Waals surface area contributed by atoms with Gasteiger partial charge in [0, 0.05) is 64.1 Å². The lowest BCUT2D eigenvalue weighted by atomic mass is 10.0. The standard InChI is InChI=1S/C37H43FN4O6S/c1-45-14-15-46-16-17-47-24-36(44)41-28-9-12-42(13-10-28)23-27-4-6-31(40-22-27)35-21-32-37(49-35)34(8-11-39-32)48-33-7-5-26(20-30(33)38)19-29(43)18-25-2-3-25/h4-8,11,20-22,25,28H,2-3,9-10,12-19,23-24H2,1H3,(H,41,44).